The fourth-order valence-corrected chi connectivity index (χ4v) is 2.06. The fourth-order valence-electron chi connectivity index (χ4n) is 2.06. The van der Waals surface area contributed by atoms with E-state index in [0.29, 0.717) is 5.75 Å². The number of phenolic OH excluding ortho intramolecular Hbond substituents is 1. The predicted molar refractivity (Wildman–Crippen MR) is 99.9 cm³/mol. The van der Waals surface area contributed by atoms with Crippen LogP contribution < -0.4 is 6.15 Å². The van der Waals surface area contributed by atoms with Crippen molar-refractivity contribution in [1.29, 1.82) is 0 Å². The Morgan fingerprint density at radius 2 is 1.48 bits per heavy atom. The largest absolute Gasteiger partial charge is 0.508 e. The van der Waals surface area contributed by atoms with Crippen LogP contribution in [0.25, 0.3) is 0 Å². The summed E-state index contributed by atoms with van der Waals surface area (Å²) < 4.78 is 4.36. The van der Waals surface area contributed by atoms with Gasteiger partial charge in [0.1, 0.15) is 5.75 Å². The van der Waals surface area contributed by atoms with E-state index in [0.717, 1.165) is 12.0 Å². The van der Waals surface area contributed by atoms with Crippen LogP contribution in [-0.2, 0) is 11.2 Å². The lowest BCUT2D eigenvalue weighted by molar-refractivity contribution is 0.406. The summed E-state index contributed by atoms with van der Waals surface area (Å²) in [4.78, 5) is 0. The third kappa shape index (κ3) is 16.4. The first-order valence-electron chi connectivity index (χ1n) is 7.90. The first kappa shape index (κ1) is 26.1. The second-order valence-corrected chi connectivity index (χ2v) is 4.97. The molecule has 0 saturated heterocycles. The van der Waals surface area contributed by atoms with Crippen molar-refractivity contribution in [1.82, 2.24) is 6.15 Å². The highest BCUT2D eigenvalue weighted by atomic mass is 16.5. The van der Waals surface area contributed by atoms with E-state index >= 15 is 0 Å². The van der Waals surface area contributed by atoms with Crippen LogP contribution in [0.3, 0.4) is 0 Å². The number of benzene rings is 1. The van der Waals surface area contributed by atoms with Crippen LogP contribution >= 0.6 is 0 Å². The van der Waals surface area contributed by atoms with Crippen molar-refractivity contribution >= 4 is 0 Å². The predicted octanol–water partition coefficient (Wildman–Crippen LogP) is 5.31. The number of ether oxygens (including phenoxy) is 1. The van der Waals surface area contributed by atoms with Gasteiger partial charge in [-0.3, -0.25) is 0 Å². The molecule has 0 unspecified atom stereocenters. The monoisotopic (exact) mass is 325 g/mol. The van der Waals surface area contributed by atoms with Crippen LogP contribution in [0, 0.1) is 0 Å². The van der Waals surface area contributed by atoms with Gasteiger partial charge >= 0.3 is 0 Å². The van der Waals surface area contributed by atoms with E-state index in [4.69, 9.17) is 0 Å². The summed E-state index contributed by atoms with van der Waals surface area (Å²) in [5, 5.41) is 9.58. The van der Waals surface area contributed by atoms with Gasteiger partial charge in [0.15, 0.2) is 0 Å². The van der Waals surface area contributed by atoms with E-state index in [1.54, 1.807) is 6.07 Å². The van der Waals surface area contributed by atoms with Crippen molar-refractivity contribution in [2.24, 2.45) is 0 Å². The molecular weight excluding hydrogens is 290 g/mol. The molecule has 0 spiro atoms. The molecule has 0 aromatic heterocycles. The average Bonchev–Trinajstić information content (AvgIpc) is 2.49. The van der Waals surface area contributed by atoms with Crippen molar-refractivity contribution in [3.8, 4) is 5.75 Å². The zero-order chi connectivity index (χ0) is 15.8. The molecule has 23 heavy (non-hydrogen) atoms. The number of unbranched alkanes of at least 4 members (excludes halogenated alkanes) is 6. The van der Waals surface area contributed by atoms with Gasteiger partial charge in [-0.2, -0.15) is 0 Å². The first-order chi connectivity index (χ1) is 10.3. The van der Waals surface area contributed by atoms with Gasteiger partial charge < -0.3 is 21.5 Å². The molecule has 0 bridgehead atoms. The van der Waals surface area contributed by atoms with E-state index in [1.807, 2.05) is 18.2 Å². The second kappa shape index (κ2) is 20.2. The Hall–Kier alpha value is -1.78. The molecule has 0 fully saturated rings. The molecule has 0 saturated carbocycles. The third-order valence-corrected chi connectivity index (χ3v) is 3.23. The number of aromatic hydroxyl groups is 1. The third-order valence-electron chi connectivity index (χ3n) is 3.23. The van der Waals surface area contributed by atoms with Crippen molar-refractivity contribution in [3.05, 3.63) is 55.5 Å². The zero-order valence-corrected chi connectivity index (χ0v) is 14.6. The van der Waals surface area contributed by atoms with Crippen LogP contribution in [0.5, 0.6) is 5.75 Å². The SMILES string of the molecule is C=COC=C.CCCCCCCCCc1ccccc1O.N.O. The Balaban J connectivity index is -0.000000502. The normalized spacial score (nSPS) is 8.57. The number of para-hydroxylation sites is 1. The number of hydrogen-bond donors (Lipinski definition) is 2. The molecule has 0 aliphatic rings. The Morgan fingerprint density at radius 3 is 1.96 bits per heavy atom. The summed E-state index contributed by atoms with van der Waals surface area (Å²) in [7, 11) is 0. The summed E-state index contributed by atoms with van der Waals surface area (Å²) in [6.07, 6.45) is 12.9. The van der Waals surface area contributed by atoms with Crippen molar-refractivity contribution in [3.63, 3.8) is 0 Å². The van der Waals surface area contributed by atoms with Crippen LogP contribution in [0.15, 0.2) is 49.9 Å². The summed E-state index contributed by atoms with van der Waals surface area (Å²) >= 11 is 0. The minimum atomic E-state index is 0. The van der Waals surface area contributed by atoms with Gasteiger partial charge in [0.05, 0.1) is 12.5 Å². The van der Waals surface area contributed by atoms with E-state index in [1.165, 1.54) is 57.5 Å². The topological polar surface area (TPSA) is 96.0 Å². The molecule has 0 radical (unpaired) electrons. The number of aryl methyl sites for hydroxylation is 1. The molecule has 0 aliphatic heterocycles. The average molecular weight is 325 g/mol. The van der Waals surface area contributed by atoms with Gasteiger partial charge in [-0.15, -0.1) is 0 Å². The molecule has 0 heterocycles. The molecule has 4 heteroatoms. The highest BCUT2D eigenvalue weighted by molar-refractivity contribution is 5.31. The van der Waals surface area contributed by atoms with Gasteiger partial charge in [-0.1, -0.05) is 76.8 Å². The summed E-state index contributed by atoms with van der Waals surface area (Å²) in [6, 6.07) is 7.67. The van der Waals surface area contributed by atoms with Crippen LogP contribution in [0.1, 0.15) is 57.4 Å². The maximum Gasteiger partial charge on any atom is 0.118 e. The van der Waals surface area contributed by atoms with Gasteiger partial charge in [0.25, 0.3) is 0 Å². The van der Waals surface area contributed by atoms with Gasteiger partial charge in [0.2, 0.25) is 0 Å². The fraction of sp³-hybridized carbons (Fsp3) is 0.474. The first-order valence-corrected chi connectivity index (χ1v) is 7.90. The smallest absolute Gasteiger partial charge is 0.118 e. The van der Waals surface area contributed by atoms with E-state index in [2.05, 4.69) is 24.8 Å². The van der Waals surface area contributed by atoms with Crippen molar-refractivity contribution in [2.75, 3.05) is 0 Å². The van der Waals surface area contributed by atoms with Crippen LogP contribution in [0.4, 0.5) is 0 Å². The highest BCUT2D eigenvalue weighted by Gasteiger charge is 1.98. The Labute approximate surface area is 141 Å². The lowest BCUT2D eigenvalue weighted by Gasteiger charge is -2.04. The van der Waals surface area contributed by atoms with E-state index < -0.39 is 0 Å². The highest BCUT2D eigenvalue weighted by Crippen LogP contribution is 2.18. The van der Waals surface area contributed by atoms with Crippen LogP contribution in [-0.4, -0.2) is 10.6 Å². The molecule has 134 valence electrons. The minimum Gasteiger partial charge on any atom is -0.508 e. The summed E-state index contributed by atoms with van der Waals surface area (Å²) in [6.45, 7) is 8.76. The molecule has 0 atom stereocenters. The number of rotatable bonds is 10. The van der Waals surface area contributed by atoms with Gasteiger partial charge in [-0.25, -0.2) is 0 Å². The lowest BCUT2D eigenvalue weighted by Crippen LogP contribution is -1.87. The quantitative estimate of drug-likeness (QED) is 0.450. The van der Waals surface area contributed by atoms with Crippen LogP contribution in [0.2, 0.25) is 0 Å². The standard InChI is InChI=1S/C15H24O.C4H6O.H3N.H2O/c1-2-3-4-5-6-7-8-11-14-12-9-10-13-15(14)16;1-3-5-4-2;;/h9-10,12-13,16H,2-8,11H2,1H3;3-4H,1-2H2;1H3;1H2. The Kier molecular flexibility index (Phi) is 23.0. The number of phenols is 1. The molecule has 1 aromatic carbocycles. The molecule has 1 rings (SSSR count). The minimum absolute atomic E-state index is 0. The number of hydrogen-bond acceptors (Lipinski definition) is 3. The molecular formula is C19H35NO3. The summed E-state index contributed by atoms with van der Waals surface area (Å²) in [5.41, 5.74) is 1.09. The van der Waals surface area contributed by atoms with Crippen molar-refractivity contribution in [2.45, 2.75) is 58.3 Å². The summed E-state index contributed by atoms with van der Waals surface area (Å²) in [5.74, 6) is 0.452. The Morgan fingerprint density at radius 1 is 0.957 bits per heavy atom. The van der Waals surface area contributed by atoms with E-state index in [9.17, 15) is 5.11 Å². The zero-order valence-electron chi connectivity index (χ0n) is 14.6. The maximum absolute atomic E-state index is 9.58. The molecule has 0 amide bonds. The van der Waals surface area contributed by atoms with Gasteiger partial charge in [0, 0.05) is 0 Å². The van der Waals surface area contributed by atoms with Crippen molar-refractivity contribution < 1.29 is 15.3 Å². The lowest BCUT2D eigenvalue weighted by atomic mass is 10.0. The van der Waals surface area contributed by atoms with Gasteiger partial charge in [-0.05, 0) is 24.5 Å². The Bertz CT molecular complexity index is 375. The van der Waals surface area contributed by atoms with E-state index in [-0.39, 0.29) is 11.6 Å². The second-order valence-electron chi connectivity index (χ2n) is 4.97. The maximum atomic E-state index is 9.58. The molecule has 1 aromatic rings. The molecule has 4 nitrogen and oxygen atoms in total. The molecule has 0 aliphatic carbocycles. The molecule has 6 N–H and O–H groups in total.